The first-order chi connectivity index (χ1) is 13.6. The maximum absolute atomic E-state index is 10.8. The highest BCUT2D eigenvalue weighted by atomic mass is 16.6. The third-order valence-electron chi connectivity index (χ3n) is 4.79. The molecular weight excluding hydrogens is 356 g/mol. The van der Waals surface area contributed by atoms with Crippen molar-refractivity contribution in [1.29, 1.82) is 0 Å². The Morgan fingerprint density at radius 2 is 2.04 bits per heavy atom. The fourth-order valence-corrected chi connectivity index (χ4v) is 3.29. The van der Waals surface area contributed by atoms with E-state index in [1.54, 1.807) is 12.1 Å². The maximum Gasteiger partial charge on any atom is 0.269 e. The molecule has 2 aromatic rings. The van der Waals surface area contributed by atoms with E-state index in [1.165, 1.54) is 23.3 Å². The summed E-state index contributed by atoms with van der Waals surface area (Å²) in [7, 11) is 0. The van der Waals surface area contributed by atoms with Crippen LogP contribution in [-0.4, -0.2) is 42.0 Å². The maximum atomic E-state index is 10.8. The van der Waals surface area contributed by atoms with Gasteiger partial charge in [-0.1, -0.05) is 36.4 Å². The van der Waals surface area contributed by atoms with E-state index in [9.17, 15) is 10.1 Å². The van der Waals surface area contributed by atoms with Gasteiger partial charge in [-0.2, -0.15) is 0 Å². The highest BCUT2D eigenvalue weighted by Crippen LogP contribution is 2.25. The standard InChI is InChI=1S/C21H26N4O3/c1-3-22-21(23-14-17-8-10-18(11-9-17)25(26)27)24-12-13-28-20(15-24)19-7-5-4-6-16(19)2/h4-11,20H,3,12-15H2,1-2H3,(H,22,23). The van der Waals surface area contributed by atoms with Gasteiger partial charge in [-0.05, 0) is 30.5 Å². The Kier molecular flexibility index (Phi) is 6.60. The summed E-state index contributed by atoms with van der Waals surface area (Å²) in [6.07, 6.45) is 0.0122. The highest BCUT2D eigenvalue weighted by molar-refractivity contribution is 5.80. The minimum atomic E-state index is -0.392. The quantitative estimate of drug-likeness (QED) is 0.371. The van der Waals surface area contributed by atoms with E-state index in [0.29, 0.717) is 13.2 Å². The van der Waals surface area contributed by atoms with Gasteiger partial charge in [0.05, 0.1) is 24.6 Å². The zero-order chi connectivity index (χ0) is 19.9. The van der Waals surface area contributed by atoms with E-state index >= 15 is 0 Å². The molecule has 1 heterocycles. The largest absolute Gasteiger partial charge is 0.370 e. The highest BCUT2D eigenvalue weighted by Gasteiger charge is 2.25. The van der Waals surface area contributed by atoms with Crippen molar-refractivity contribution in [2.45, 2.75) is 26.5 Å². The van der Waals surface area contributed by atoms with Crippen LogP contribution in [0.3, 0.4) is 0 Å². The van der Waals surface area contributed by atoms with Gasteiger partial charge in [-0.25, -0.2) is 4.99 Å². The van der Waals surface area contributed by atoms with Crippen LogP contribution in [0.5, 0.6) is 0 Å². The van der Waals surface area contributed by atoms with E-state index in [4.69, 9.17) is 9.73 Å². The van der Waals surface area contributed by atoms with E-state index in [2.05, 4.69) is 29.3 Å². The summed E-state index contributed by atoms with van der Waals surface area (Å²) < 4.78 is 6.01. The normalized spacial score (nSPS) is 17.4. The Balaban J connectivity index is 1.72. The summed E-state index contributed by atoms with van der Waals surface area (Å²) >= 11 is 0. The molecule has 7 heteroatoms. The molecule has 0 radical (unpaired) electrons. The Hall–Kier alpha value is -2.93. The molecule has 0 bridgehead atoms. The average molecular weight is 382 g/mol. The van der Waals surface area contributed by atoms with Crippen LogP contribution in [0.15, 0.2) is 53.5 Å². The number of hydrogen-bond acceptors (Lipinski definition) is 4. The Labute approximate surface area is 165 Å². The third kappa shape index (κ3) is 4.86. The lowest BCUT2D eigenvalue weighted by Gasteiger charge is -2.35. The van der Waals surface area contributed by atoms with Gasteiger partial charge in [0.25, 0.3) is 5.69 Å². The van der Waals surface area contributed by atoms with Crippen LogP contribution in [0.2, 0.25) is 0 Å². The van der Waals surface area contributed by atoms with Crippen molar-refractivity contribution < 1.29 is 9.66 Å². The molecule has 2 aromatic carbocycles. The second-order valence-corrected chi connectivity index (χ2v) is 6.76. The van der Waals surface area contributed by atoms with Crippen LogP contribution in [0.4, 0.5) is 5.69 Å². The van der Waals surface area contributed by atoms with Gasteiger partial charge < -0.3 is 15.0 Å². The lowest BCUT2D eigenvalue weighted by molar-refractivity contribution is -0.384. The van der Waals surface area contributed by atoms with Crippen LogP contribution in [-0.2, 0) is 11.3 Å². The van der Waals surface area contributed by atoms with E-state index < -0.39 is 4.92 Å². The smallest absolute Gasteiger partial charge is 0.269 e. The molecule has 1 unspecified atom stereocenters. The Bertz CT molecular complexity index is 836. The lowest BCUT2D eigenvalue weighted by Crippen LogP contribution is -2.48. The first-order valence-electron chi connectivity index (χ1n) is 9.52. The molecule has 1 saturated heterocycles. The van der Waals surface area contributed by atoms with Crippen molar-refractivity contribution in [3.8, 4) is 0 Å². The zero-order valence-corrected chi connectivity index (χ0v) is 16.3. The monoisotopic (exact) mass is 382 g/mol. The molecule has 7 nitrogen and oxygen atoms in total. The SMILES string of the molecule is CCNC(=NCc1ccc([N+](=O)[O-])cc1)N1CCOC(c2ccccc2C)C1. The molecule has 1 fully saturated rings. The number of non-ortho nitro benzene ring substituents is 1. The third-order valence-corrected chi connectivity index (χ3v) is 4.79. The first kappa shape index (κ1) is 19.8. The van der Waals surface area contributed by atoms with Crippen LogP contribution in [0, 0.1) is 17.0 Å². The van der Waals surface area contributed by atoms with Crippen molar-refractivity contribution in [2.75, 3.05) is 26.2 Å². The predicted octanol–water partition coefficient (Wildman–Crippen LogP) is 3.44. The predicted molar refractivity (Wildman–Crippen MR) is 109 cm³/mol. The molecule has 28 heavy (non-hydrogen) atoms. The van der Waals surface area contributed by atoms with E-state index in [1.807, 2.05) is 19.1 Å². The summed E-state index contributed by atoms with van der Waals surface area (Å²) in [5, 5.41) is 14.1. The molecule has 0 saturated carbocycles. The van der Waals surface area contributed by atoms with Gasteiger partial charge in [0, 0.05) is 25.2 Å². The van der Waals surface area contributed by atoms with Gasteiger partial charge in [0.1, 0.15) is 6.10 Å². The number of nitro groups is 1. The molecule has 1 aliphatic rings. The van der Waals surface area contributed by atoms with Crippen molar-refractivity contribution in [3.05, 3.63) is 75.3 Å². The molecule has 148 valence electrons. The summed E-state index contributed by atoms with van der Waals surface area (Å²) in [5.41, 5.74) is 3.46. The van der Waals surface area contributed by atoms with Crippen molar-refractivity contribution >= 4 is 11.6 Å². The number of nitrogens with zero attached hydrogens (tertiary/aromatic N) is 3. The Morgan fingerprint density at radius 1 is 1.29 bits per heavy atom. The molecule has 1 N–H and O–H groups in total. The number of benzene rings is 2. The van der Waals surface area contributed by atoms with Crippen molar-refractivity contribution in [3.63, 3.8) is 0 Å². The molecule has 0 aliphatic carbocycles. The Morgan fingerprint density at radius 3 is 2.71 bits per heavy atom. The number of ether oxygens (including phenoxy) is 1. The number of guanidine groups is 1. The average Bonchev–Trinajstić information content (AvgIpc) is 2.72. The van der Waals surface area contributed by atoms with Gasteiger partial charge in [0.15, 0.2) is 5.96 Å². The number of nitro benzene ring substituents is 1. The molecule has 0 amide bonds. The van der Waals surface area contributed by atoms with Crippen LogP contribution < -0.4 is 5.32 Å². The van der Waals surface area contributed by atoms with E-state index in [-0.39, 0.29) is 11.8 Å². The number of aliphatic imine (C=N–C) groups is 1. The summed E-state index contributed by atoms with van der Waals surface area (Å²) in [4.78, 5) is 17.4. The second kappa shape index (κ2) is 9.32. The number of hydrogen-bond donors (Lipinski definition) is 1. The van der Waals surface area contributed by atoms with Crippen LogP contribution >= 0.6 is 0 Å². The minimum absolute atomic E-state index is 0.0122. The van der Waals surface area contributed by atoms with Crippen LogP contribution in [0.1, 0.15) is 29.7 Å². The molecule has 0 aromatic heterocycles. The summed E-state index contributed by atoms with van der Waals surface area (Å²) in [6, 6.07) is 14.8. The fraction of sp³-hybridized carbons (Fsp3) is 0.381. The second-order valence-electron chi connectivity index (χ2n) is 6.76. The minimum Gasteiger partial charge on any atom is -0.370 e. The van der Waals surface area contributed by atoms with Crippen molar-refractivity contribution in [1.82, 2.24) is 10.2 Å². The molecule has 1 aliphatic heterocycles. The topological polar surface area (TPSA) is 80.0 Å². The molecule has 1 atom stereocenters. The van der Waals surface area contributed by atoms with Gasteiger partial charge in [0.2, 0.25) is 0 Å². The van der Waals surface area contributed by atoms with Gasteiger partial charge in [-0.3, -0.25) is 10.1 Å². The molecular formula is C21H26N4O3. The van der Waals surface area contributed by atoms with Crippen LogP contribution in [0.25, 0.3) is 0 Å². The number of nitrogens with one attached hydrogen (secondary N) is 1. The summed E-state index contributed by atoms with van der Waals surface area (Å²) in [5.74, 6) is 0.836. The molecule has 0 spiro atoms. The van der Waals surface area contributed by atoms with E-state index in [0.717, 1.165) is 31.2 Å². The number of rotatable bonds is 5. The lowest BCUT2D eigenvalue weighted by atomic mass is 10.0. The van der Waals surface area contributed by atoms with Gasteiger partial charge in [-0.15, -0.1) is 0 Å². The fourth-order valence-electron chi connectivity index (χ4n) is 3.29. The van der Waals surface area contributed by atoms with Crippen molar-refractivity contribution in [2.24, 2.45) is 4.99 Å². The number of morpholine rings is 1. The number of aryl methyl sites for hydroxylation is 1. The molecule has 3 rings (SSSR count). The zero-order valence-electron chi connectivity index (χ0n) is 16.3. The first-order valence-corrected chi connectivity index (χ1v) is 9.52. The summed E-state index contributed by atoms with van der Waals surface area (Å²) in [6.45, 7) is 7.52. The van der Waals surface area contributed by atoms with Gasteiger partial charge >= 0.3 is 0 Å².